The third kappa shape index (κ3) is 4.40. The van der Waals surface area contributed by atoms with Crippen LogP contribution in [0.1, 0.15) is 0 Å². The maximum atomic E-state index is 10.8. The summed E-state index contributed by atoms with van der Waals surface area (Å²) in [6, 6.07) is 14.6. The van der Waals surface area contributed by atoms with Gasteiger partial charge in [-0.25, -0.2) is 4.79 Å². The van der Waals surface area contributed by atoms with Crippen molar-refractivity contribution >= 4 is 28.5 Å². The van der Waals surface area contributed by atoms with Gasteiger partial charge >= 0.3 is 5.97 Å². The molecule has 3 nitrogen and oxygen atoms in total. The highest BCUT2D eigenvalue weighted by molar-refractivity contribution is 7.99. The van der Waals surface area contributed by atoms with E-state index in [1.54, 1.807) is 11.8 Å². The smallest absolute Gasteiger partial charge is 0.330 e. The minimum atomic E-state index is -0.421. The van der Waals surface area contributed by atoms with Crippen molar-refractivity contribution < 1.29 is 14.3 Å². The topological polar surface area (TPSA) is 35.5 Å². The fourth-order valence-electron chi connectivity index (χ4n) is 1.69. The van der Waals surface area contributed by atoms with Gasteiger partial charge in [0.15, 0.2) is 0 Å². The van der Waals surface area contributed by atoms with E-state index in [9.17, 15) is 4.79 Å². The largest absolute Gasteiger partial charge is 0.460 e. The summed E-state index contributed by atoms with van der Waals surface area (Å²) in [5, 5.41) is 2.45. The Bertz CT molecular complexity index is 595. The van der Waals surface area contributed by atoms with Crippen molar-refractivity contribution in [1.29, 1.82) is 0 Å². The molecular weight excluding hydrogens is 272 g/mol. The van der Waals surface area contributed by atoms with Crippen molar-refractivity contribution in [1.82, 2.24) is 0 Å². The van der Waals surface area contributed by atoms with Gasteiger partial charge in [0.2, 0.25) is 0 Å². The zero-order valence-electron chi connectivity index (χ0n) is 11.1. The summed E-state index contributed by atoms with van der Waals surface area (Å²) < 4.78 is 10.2. The van der Waals surface area contributed by atoms with E-state index < -0.39 is 5.97 Å². The average molecular weight is 288 g/mol. The number of esters is 1. The predicted molar refractivity (Wildman–Crippen MR) is 81.8 cm³/mol. The molecule has 0 aliphatic rings. The molecule has 0 aromatic heterocycles. The molecule has 0 atom stereocenters. The maximum absolute atomic E-state index is 10.8. The van der Waals surface area contributed by atoms with Crippen LogP contribution in [-0.2, 0) is 14.3 Å². The van der Waals surface area contributed by atoms with E-state index >= 15 is 0 Å². The van der Waals surface area contributed by atoms with Crippen molar-refractivity contribution in [3.05, 3.63) is 55.1 Å². The molecule has 0 spiro atoms. The van der Waals surface area contributed by atoms with E-state index in [0.29, 0.717) is 12.5 Å². The fraction of sp³-hybridized carbons (Fsp3) is 0.188. The number of rotatable bonds is 7. The quantitative estimate of drug-likeness (QED) is 0.256. The maximum Gasteiger partial charge on any atom is 0.330 e. The van der Waals surface area contributed by atoms with Gasteiger partial charge < -0.3 is 9.47 Å². The van der Waals surface area contributed by atoms with Crippen LogP contribution in [0, 0.1) is 0 Å². The van der Waals surface area contributed by atoms with Crippen molar-refractivity contribution in [3.63, 3.8) is 0 Å². The average Bonchev–Trinajstić information content (AvgIpc) is 2.50. The van der Waals surface area contributed by atoms with Crippen LogP contribution in [0.25, 0.3) is 10.8 Å². The van der Waals surface area contributed by atoms with Crippen molar-refractivity contribution in [2.75, 3.05) is 19.2 Å². The molecule has 0 aliphatic carbocycles. The number of thioether (sulfide) groups is 1. The lowest BCUT2D eigenvalue weighted by molar-refractivity contribution is -0.139. The molecule has 20 heavy (non-hydrogen) atoms. The second-order valence-electron chi connectivity index (χ2n) is 4.05. The molecule has 0 fully saturated rings. The number of ether oxygens (including phenoxy) is 2. The zero-order valence-corrected chi connectivity index (χ0v) is 11.9. The Hall–Kier alpha value is -1.78. The second-order valence-corrected chi connectivity index (χ2v) is 5.05. The van der Waals surface area contributed by atoms with E-state index in [1.165, 1.54) is 10.8 Å². The van der Waals surface area contributed by atoms with Gasteiger partial charge in [-0.1, -0.05) is 48.7 Å². The third-order valence-corrected chi connectivity index (χ3v) is 3.54. The van der Waals surface area contributed by atoms with Crippen molar-refractivity contribution in [2.45, 2.75) is 4.90 Å². The van der Waals surface area contributed by atoms with E-state index in [0.717, 1.165) is 11.0 Å². The Labute approximate surface area is 122 Å². The summed E-state index contributed by atoms with van der Waals surface area (Å²) >= 11 is 1.62. The zero-order chi connectivity index (χ0) is 14.2. The van der Waals surface area contributed by atoms with E-state index in [2.05, 4.69) is 36.9 Å². The van der Waals surface area contributed by atoms with Crippen molar-refractivity contribution in [2.24, 2.45) is 0 Å². The van der Waals surface area contributed by atoms with E-state index in [1.807, 2.05) is 12.1 Å². The molecule has 0 amide bonds. The molecule has 0 saturated heterocycles. The first-order valence-electron chi connectivity index (χ1n) is 6.28. The van der Waals surface area contributed by atoms with Crippen LogP contribution in [-0.4, -0.2) is 25.1 Å². The molecule has 0 saturated carbocycles. The molecule has 2 aromatic rings. The highest BCUT2D eigenvalue weighted by Gasteiger charge is 1.98. The SMILES string of the molecule is C=CC(=O)OCCOCSc1ccc2ccccc2c1. The van der Waals surface area contributed by atoms with E-state index in [-0.39, 0.29) is 6.61 Å². The summed E-state index contributed by atoms with van der Waals surface area (Å²) in [7, 11) is 0. The summed E-state index contributed by atoms with van der Waals surface area (Å²) in [5.41, 5.74) is 0. The van der Waals surface area contributed by atoms with Gasteiger partial charge in [0, 0.05) is 11.0 Å². The lowest BCUT2D eigenvalue weighted by atomic mass is 10.1. The minimum Gasteiger partial charge on any atom is -0.460 e. The van der Waals surface area contributed by atoms with E-state index in [4.69, 9.17) is 9.47 Å². The summed E-state index contributed by atoms with van der Waals surface area (Å²) in [6.45, 7) is 3.96. The minimum absolute atomic E-state index is 0.253. The highest BCUT2D eigenvalue weighted by Crippen LogP contribution is 2.23. The normalized spacial score (nSPS) is 10.4. The van der Waals surface area contributed by atoms with Crippen LogP contribution < -0.4 is 0 Å². The van der Waals surface area contributed by atoms with Crippen LogP contribution in [0.3, 0.4) is 0 Å². The van der Waals surface area contributed by atoms with Crippen LogP contribution in [0.5, 0.6) is 0 Å². The first-order valence-corrected chi connectivity index (χ1v) is 7.26. The number of fused-ring (bicyclic) bond motifs is 1. The standard InChI is InChI=1S/C16H16O3S/c1-2-16(17)19-10-9-18-12-20-15-8-7-13-5-3-4-6-14(13)11-15/h2-8,11H,1,9-10,12H2. The number of hydrogen-bond acceptors (Lipinski definition) is 4. The monoisotopic (exact) mass is 288 g/mol. The van der Waals surface area contributed by atoms with Gasteiger partial charge in [0.25, 0.3) is 0 Å². The molecule has 2 aromatic carbocycles. The Balaban J connectivity index is 1.73. The number of benzene rings is 2. The second kappa shape index (κ2) is 7.72. The van der Waals surface area contributed by atoms with Gasteiger partial charge in [0.05, 0.1) is 12.5 Å². The highest BCUT2D eigenvalue weighted by atomic mass is 32.2. The number of carbonyl (C=O) groups is 1. The molecular formula is C16H16O3S. The van der Waals surface area contributed by atoms with Gasteiger partial charge in [-0.15, -0.1) is 0 Å². The molecule has 104 valence electrons. The van der Waals surface area contributed by atoms with Gasteiger partial charge in [-0.2, -0.15) is 0 Å². The molecule has 0 N–H and O–H groups in total. The van der Waals surface area contributed by atoms with Gasteiger partial charge in [-0.3, -0.25) is 0 Å². The fourth-order valence-corrected chi connectivity index (χ4v) is 2.40. The lowest BCUT2D eigenvalue weighted by Gasteiger charge is -2.05. The first-order chi connectivity index (χ1) is 9.79. The Morgan fingerprint density at radius 1 is 1.15 bits per heavy atom. The Kier molecular flexibility index (Phi) is 5.65. The number of carbonyl (C=O) groups excluding carboxylic acids is 1. The van der Waals surface area contributed by atoms with Crippen LogP contribution in [0.15, 0.2) is 60.0 Å². The van der Waals surface area contributed by atoms with Crippen LogP contribution in [0.4, 0.5) is 0 Å². The molecule has 4 heteroatoms. The summed E-state index contributed by atoms with van der Waals surface area (Å²) in [4.78, 5) is 11.9. The lowest BCUT2D eigenvalue weighted by Crippen LogP contribution is -2.07. The van der Waals surface area contributed by atoms with Crippen molar-refractivity contribution in [3.8, 4) is 0 Å². The van der Waals surface area contributed by atoms with Gasteiger partial charge in [0.1, 0.15) is 6.61 Å². The summed E-state index contributed by atoms with van der Waals surface area (Å²) in [5.74, 6) is 0.111. The molecule has 0 heterocycles. The van der Waals surface area contributed by atoms with Gasteiger partial charge in [-0.05, 0) is 22.9 Å². The molecule has 0 aliphatic heterocycles. The van der Waals surface area contributed by atoms with Crippen LogP contribution >= 0.6 is 11.8 Å². The summed E-state index contributed by atoms with van der Waals surface area (Å²) in [6.07, 6.45) is 1.14. The molecule has 2 rings (SSSR count). The Morgan fingerprint density at radius 3 is 2.75 bits per heavy atom. The first kappa shape index (κ1) is 14.6. The Morgan fingerprint density at radius 2 is 1.95 bits per heavy atom. The molecule has 0 unspecified atom stereocenters. The molecule has 0 radical (unpaired) electrons. The molecule has 0 bridgehead atoms. The van der Waals surface area contributed by atoms with Crippen LogP contribution in [0.2, 0.25) is 0 Å². The predicted octanol–water partition coefficient (Wildman–Crippen LogP) is 3.64. The number of hydrogen-bond donors (Lipinski definition) is 0. The third-order valence-electron chi connectivity index (χ3n) is 2.67.